The molecule has 2 atom stereocenters. The molecule has 0 N–H and O–H groups in total. The molecule has 0 bridgehead atoms. The largest absolute Gasteiger partial charge is 0.0992 e. The van der Waals surface area contributed by atoms with Crippen LogP contribution in [0.5, 0.6) is 0 Å². The smallest absolute Gasteiger partial charge is 0.00351 e. The fraction of sp³-hybridized carbons (Fsp3) is 0.750. The lowest BCUT2D eigenvalue weighted by Gasteiger charge is -2.42. The predicted octanol–water partition coefficient (Wildman–Crippen LogP) is 4.83. The van der Waals surface area contributed by atoms with Gasteiger partial charge in [0.2, 0.25) is 0 Å². The molecule has 0 heterocycles. The van der Waals surface area contributed by atoms with Crippen molar-refractivity contribution in [3.63, 3.8) is 0 Å². The summed E-state index contributed by atoms with van der Waals surface area (Å²) in [6.07, 6.45) is 5.17. The predicted molar refractivity (Wildman–Crippen MR) is 71.2 cm³/mol. The van der Waals surface area contributed by atoms with Crippen LogP contribution in [0, 0.1) is 29.6 Å². The average Bonchev–Trinajstić information content (AvgIpc) is 2.47. The quantitative estimate of drug-likeness (QED) is 0.553. The van der Waals surface area contributed by atoms with Crippen LogP contribution in [0.4, 0.5) is 0 Å². The summed E-state index contributed by atoms with van der Waals surface area (Å²) < 4.78 is 0. The van der Waals surface area contributed by atoms with Crippen molar-refractivity contribution in [1.29, 1.82) is 0 Å². The zero-order chi connectivity index (χ0) is 11.9. The lowest BCUT2D eigenvalue weighted by Crippen LogP contribution is -2.34. The van der Waals surface area contributed by atoms with Crippen LogP contribution >= 0.6 is 0 Å². The summed E-state index contributed by atoms with van der Waals surface area (Å²) in [6.45, 7) is 15.9. The molecule has 0 radical (unpaired) electrons. The summed E-state index contributed by atoms with van der Waals surface area (Å²) >= 11 is 0. The van der Waals surface area contributed by atoms with Crippen molar-refractivity contribution in [2.45, 2.75) is 46.5 Å². The average molecular weight is 218 g/mol. The van der Waals surface area contributed by atoms with Crippen molar-refractivity contribution in [3.05, 3.63) is 24.3 Å². The first-order chi connectivity index (χ1) is 7.50. The fourth-order valence-corrected chi connectivity index (χ4v) is 4.36. The molecule has 0 heteroatoms. The number of hydrogen-bond acceptors (Lipinski definition) is 0. The molecule has 2 aliphatic rings. The van der Waals surface area contributed by atoms with Crippen LogP contribution in [-0.4, -0.2) is 0 Å². The third-order valence-electron chi connectivity index (χ3n) is 4.89. The van der Waals surface area contributed by atoms with E-state index in [9.17, 15) is 0 Å². The monoisotopic (exact) mass is 218 g/mol. The Bertz CT molecular complexity index is 271. The third kappa shape index (κ3) is 1.99. The van der Waals surface area contributed by atoms with Gasteiger partial charge in [0.05, 0.1) is 0 Å². The molecule has 2 unspecified atom stereocenters. The molecule has 0 aliphatic heterocycles. The van der Waals surface area contributed by atoms with E-state index in [1.807, 2.05) is 0 Å². The van der Waals surface area contributed by atoms with E-state index in [-0.39, 0.29) is 0 Å². The molecule has 0 amide bonds. The standard InChI is InChI=1S/C16H26/c1-10-8-13(4)16(14(5)9-10)15-11(2)6-7-12(15)3/h10,13-16H,2-3,6-9H2,1,4-5H3. The lowest BCUT2D eigenvalue weighted by atomic mass is 9.63. The first-order valence-electron chi connectivity index (χ1n) is 6.86. The van der Waals surface area contributed by atoms with E-state index in [0.717, 1.165) is 23.7 Å². The Morgan fingerprint density at radius 1 is 0.875 bits per heavy atom. The van der Waals surface area contributed by atoms with Gasteiger partial charge in [0, 0.05) is 5.92 Å². The van der Waals surface area contributed by atoms with E-state index < -0.39 is 0 Å². The number of rotatable bonds is 1. The molecule has 2 fully saturated rings. The molecule has 0 aromatic rings. The summed E-state index contributed by atoms with van der Waals surface area (Å²) in [7, 11) is 0. The molecule has 2 rings (SSSR count). The molecule has 2 saturated carbocycles. The molecule has 2 aliphatic carbocycles. The summed E-state index contributed by atoms with van der Waals surface area (Å²) in [4.78, 5) is 0. The van der Waals surface area contributed by atoms with E-state index in [4.69, 9.17) is 0 Å². The molecule has 0 aromatic heterocycles. The van der Waals surface area contributed by atoms with Crippen molar-refractivity contribution in [2.24, 2.45) is 29.6 Å². The van der Waals surface area contributed by atoms with Crippen LogP contribution in [0.2, 0.25) is 0 Å². The number of allylic oxidation sites excluding steroid dienone is 2. The van der Waals surface area contributed by atoms with Crippen LogP contribution in [0.3, 0.4) is 0 Å². The van der Waals surface area contributed by atoms with Gasteiger partial charge in [0.25, 0.3) is 0 Å². The van der Waals surface area contributed by atoms with Gasteiger partial charge in [-0.15, -0.1) is 0 Å². The first kappa shape index (κ1) is 12.0. The highest BCUT2D eigenvalue weighted by Crippen LogP contribution is 2.49. The number of hydrogen-bond donors (Lipinski definition) is 0. The van der Waals surface area contributed by atoms with Crippen molar-refractivity contribution >= 4 is 0 Å². The molecule has 0 nitrogen and oxygen atoms in total. The van der Waals surface area contributed by atoms with Gasteiger partial charge in [-0.2, -0.15) is 0 Å². The van der Waals surface area contributed by atoms with Crippen molar-refractivity contribution in [2.75, 3.05) is 0 Å². The van der Waals surface area contributed by atoms with Crippen LogP contribution in [0.25, 0.3) is 0 Å². The Morgan fingerprint density at radius 3 is 1.75 bits per heavy atom. The Kier molecular flexibility index (Phi) is 3.28. The molecule has 0 aromatic carbocycles. The van der Waals surface area contributed by atoms with E-state index in [2.05, 4.69) is 33.9 Å². The second kappa shape index (κ2) is 4.39. The highest BCUT2D eigenvalue weighted by atomic mass is 14.4. The molecule has 90 valence electrons. The highest BCUT2D eigenvalue weighted by Gasteiger charge is 2.40. The maximum Gasteiger partial charge on any atom is 0.00351 e. The van der Waals surface area contributed by atoms with Gasteiger partial charge in [0.1, 0.15) is 0 Å². The Labute approximate surface area is 101 Å². The second-order valence-electron chi connectivity index (χ2n) is 6.40. The van der Waals surface area contributed by atoms with Crippen molar-refractivity contribution in [1.82, 2.24) is 0 Å². The van der Waals surface area contributed by atoms with Gasteiger partial charge in [0.15, 0.2) is 0 Å². The Hall–Kier alpha value is -0.520. The second-order valence-corrected chi connectivity index (χ2v) is 6.40. The van der Waals surface area contributed by atoms with Gasteiger partial charge in [-0.1, -0.05) is 45.1 Å². The minimum Gasteiger partial charge on any atom is -0.0992 e. The topological polar surface area (TPSA) is 0 Å². The minimum absolute atomic E-state index is 0.637. The summed E-state index contributed by atoms with van der Waals surface area (Å²) in [5, 5.41) is 0. The highest BCUT2D eigenvalue weighted by molar-refractivity contribution is 5.26. The Balaban J connectivity index is 2.18. The third-order valence-corrected chi connectivity index (χ3v) is 4.89. The zero-order valence-electron chi connectivity index (χ0n) is 11.1. The molecule has 16 heavy (non-hydrogen) atoms. The van der Waals surface area contributed by atoms with Gasteiger partial charge in [-0.3, -0.25) is 0 Å². The van der Waals surface area contributed by atoms with E-state index >= 15 is 0 Å². The van der Waals surface area contributed by atoms with Gasteiger partial charge in [-0.05, 0) is 49.4 Å². The molecular formula is C16H26. The maximum atomic E-state index is 4.29. The van der Waals surface area contributed by atoms with Crippen LogP contribution in [-0.2, 0) is 0 Å². The maximum absolute atomic E-state index is 4.29. The van der Waals surface area contributed by atoms with Crippen LogP contribution in [0.15, 0.2) is 24.3 Å². The molecule has 0 saturated heterocycles. The van der Waals surface area contributed by atoms with Gasteiger partial charge < -0.3 is 0 Å². The van der Waals surface area contributed by atoms with E-state index in [0.29, 0.717) is 5.92 Å². The van der Waals surface area contributed by atoms with Crippen molar-refractivity contribution < 1.29 is 0 Å². The van der Waals surface area contributed by atoms with Crippen LogP contribution < -0.4 is 0 Å². The molecule has 0 spiro atoms. The SMILES string of the molecule is C=C1CCC(=C)C1C1C(C)CC(C)CC1C. The summed E-state index contributed by atoms with van der Waals surface area (Å²) in [5.74, 6) is 4.05. The summed E-state index contributed by atoms with van der Waals surface area (Å²) in [6, 6.07) is 0. The van der Waals surface area contributed by atoms with Crippen LogP contribution in [0.1, 0.15) is 46.5 Å². The van der Waals surface area contributed by atoms with Crippen molar-refractivity contribution in [3.8, 4) is 0 Å². The summed E-state index contributed by atoms with van der Waals surface area (Å²) in [5.41, 5.74) is 2.92. The van der Waals surface area contributed by atoms with E-state index in [1.165, 1.54) is 36.8 Å². The normalized spacial score (nSPS) is 41.7. The fourth-order valence-electron chi connectivity index (χ4n) is 4.36. The van der Waals surface area contributed by atoms with E-state index in [1.54, 1.807) is 0 Å². The van der Waals surface area contributed by atoms with Gasteiger partial charge in [-0.25, -0.2) is 0 Å². The first-order valence-corrected chi connectivity index (χ1v) is 6.86. The lowest BCUT2D eigenvalue weighted by molar-refractivity contribution is 0.110. The zero-order valence-corrected chi connectivity index (χ0v) is 11.1. The Morgan fingerprint density at radius 2 is 1.31 bits per heavy atom. The minimum atomic E-state index is 0.637. The molecular weight excluding hydrogens is 192 g/mol. The van der Waals surface area contributed by atoms with Gasteiger partial charge >= 0.3 is 0 Å².